The average molecular weight is 255 g/mol. The maximum atomic E-state index is 11.1. The summed E-state index contributed by atoms with van der Waals surface area (Å²) < 4.78 is 5.93. The monoisotopic (exact) mass is 254 g/mol. The van der Waals surface area contributed by atoms with Crippen molar-refractivity contribution < 1.29 is 9.53 Å². The number of rotatable bonds is 4. The fourth-order valence-electron chi connectivity index (χ4n) is 1.06. The quantitative estimate of drug-likeness (QED) is 0.773. The molecule has 1 rings (SSSR count). The van der Waals surface area contributed by atoms with Crippen LogP contribution in [0.25, 0.3) is 0 Å². The molecule has 1 aromatic rings. The van der Waals surface area contributed by atoms with Crippen LogP contribution >= 0.6 is 15.9 Å². The highest BCUT2D eigenvalue weighted by atomic mass is 79.9. The van der Waals surface area contributed by atoms with Crippen molar-refractivity contribution in [3.63, 3.8) is 0 Å². The van der Waals surface area contributed by atoms with Crippen molar-refractivity contribution in [3.05, 3.63) is 40.9 Å². The minimum Gasteiger partial charge on any atom is -0.497 e. The van der Waals surface area contributed by atoms with Crippen LogP contribution in [-0.2, 0) is 11.2 Å². The minimum absolute atomic E-state index is 0.0101. The lowest BCUT2D eigenvalue weighted by atomic mass is 10.1. The third kappa shape index (κ3) is 2.70. The minimum atomic E-state index is 0.0101. The lowest BCUT2D eigenvalue weighted by molar-refractivity contribution is -0.114. The van der Waals surface area contributed by atoms with Crippen molar-refractivity contribution in [2.75, 3.05) is 7.11 Å². The lowest BCUT2D eigenvalue weighted by Crippen LogP contribution is -1.98. The second-order valence-corrected chi connectivity index (χ2v) is 3.66. The fourth-order valence-corrected chi connectivity index (χ4v) is 1.56. The van der Waals surface area contributed by atoms with Gasteiger partial charge in [0, 0.05) is 10.9 Å². The molecule has 0 saturated carbocycles. The molecule has 0 aliphatic heterocycles. The molecule has 0 fully saturated rings. The summed E-state index contributed by atoms with van der Waals surface area (Å²) in [7, 11) is 1.61. The van der Waals surface area contributed by atoms with Gasteiger partial charge in [0.05, 0.1) is 7.11 Å². The zero-order valence-corrected chi connectivity index (χ0v) is 9.50. The summed E-state index contributed by atoms with van der Waals surface area (Å²) in [4.78, 5) is 11.1. The predicted octanol–water partition coefficient (Wildman–Crippen LogP) is 2.76. The van der Waals surface area contributed by atoms with E-state index in [1.165, 1.54) is 6.08 Å². The number of hydrogen-bond acceptors (Lipinski definition) is 2. The maximum absolute atomic E-state index is 11.1. The first-order valence-corrected chi connectivity index (χ1v) is 4.94. The van der Waals surface area contributed by atoms with Crippen molar-refractivity contribution in [2.24, 2.45) is 0 Å². The Labute approximate surface area is 91.7 Å². The average Bonchev–Trinajstić information content (AvgIpc) is 2.20. The van der Waals surface area contributed by atoms with E-state index in [0.717, 1.165) is 15.8 Å². The summed E-state index contributed by atoms with van der Waals surface area (Å²) in [6.45, 7) is 3.43. The van der Waals surface area contributed by atoms with E-state index in [1.54, 1.807) is 7.11 Å². The number of halogens is 1. The van der Waals surface area contributed by atoms with Gasteiger partial charge in [-0.1, -0.05) is 28.6 Å². The standard InChI is InChI=1S/C11H11BrO2/c1-3-9(13)6-8-4-5-10(14-2)7-11(8)12/h3-5,7H,1,6H2,2H3. The summed E-state index contributed by atoms with van der Waals surface area (Å²) >= 11 is 3.38. The molecular weight excluding hydrogens is 244 g/mol. The van der Waals surface area contributed by atoms with Crippen molar-refractivity contribution in [1.82, 2.24) is 0 Å². The van der Waals surface area contributed by atoms with Crippen LogP contribution in [0, 0.1) is 0 Å². The summed E-state index contributed by atoms with van der Waals surface area (Å²) in [5.74, 6) is 0.780. The van der Waals surface area contributed by atoms with Gasteiger partial charge in [-0.05, 0) is 23.8 Å². The van der Waals surface area contributed by atoms with E-state index in [2.05, 4.69) is 22.5 Å². The van der Waals surface area contributed by atoms with Crippen LogP contribution in [0.3, 0.4) is 0 Å². The van der Waals surface area contributed by atoms with E-state index in [1.807, 2.05) is 18.2 Å². The number of hydrogen-bond donors (Lipinski definition) is 0. The van der Waals surface area contributed by atoms with E-state index in [4.69, 9.17) is 4.74 Å². The first-order chi connectivity index (χ1) is 6.67. The topological polar surface area (TPSA) is 26.3 Å². The summed E-state index contributed by atoms with van der Waals surface area (Å²) in [5.41, 5.74) is 0.940. The maximum Gasteiger partial charge on any atom is 0.159 e. The molecule has 0 unspecified atom stereocenters. The van der Waals surface area contributed by atoms with Gasteiger partial charge in [0.25, 0.3) is 0 Å². The molecule has 2 nitrogen and oxygen atoms in total. The Hall–Kier alpha value is -1.09. The van der Waals surface area contributed by atoms with Crippen LogP contribution in [0.2, 0.25) is 0 Å². The molecule has 14 heavy (non-hydrogen) atoms. The summed E-state index contributed by atoms with van der Waals surface area (Å²) in [6.07, 6.45) is 1.70. The second-order valence-electron chi connectivity index (χ2n) is 2.80. The largest absolute Gasteiger partial charge is 0.497 e. The predicted molar refractivity (Wildman–Crippen MR) is 59.6 cm³/mol. The van der Waals surface area contributed by atoms with Gasteiger partial charge in [0.2, 0.25) is 0 Å². The van der Waals surface area contributed by atoms with E-state index in [0.29, 0.717) is 6.42 Å². The van der Waals surface area contributed by atoms with Crippen LogP contribution in [0.5, 0.6) is 5.75 Å². The Morgan fingerprint density at radius 3 is 2.86 bits per heavy atom. The van der Waals surface area contributed by atoms with Gasteiger partial charge < -0.3 is 4.74 Å². The molecule has 0 heterocycles. The second kappa shape index (κ2) is 4.96. The molecular formula is C11H11BrO2. The van der Waals surface area contributed by atoms with E-state index < -0.39 is 0 Å². The molecule has 0 N–H and O–H groups in total. The van der Waals surface area contributed by atoms with Crippen molar-refractivity contribution in [3.8, 4) is 5.75 Å². The van der Waals surface area contributed by atoms with Crippen molar-refractivity contribution >= 4 is 21.7 Å². The van der Waals surface area contributed by atoms with Gasteiger partial charge in [-0.2, -0.15) is 0 Å². The van der Waals surface area contributed by atoms with Gasteiger partial charge in [0.15, 0.2) is 5.78 Å². The van der Waals surface area contributed by atoms with Gasteiger partial charge in [-0.15, -0.1) is 0 Å². The summed E-state index contributed by atoms with van der Waals surface area (Å²) in [6, 6.07) is 5.53. The highest BCUT2D eigenvalue weighted by Crippen LogP contribution is 2.23. The Bertz CT molecular complexity index is 358. The zero-order valence-electron chi connectivity index (χ0n) is 7.92. The van der Waals surface area contributed by atoms with Crippen LogP contribution in [0.4, 0.5) is 0 Å². The van der Waals surface area contributed by atoms with Crippen LogP contribution in [0.15, 0.2) is 35.3 Å². The van der Waals surface area contributed by atoms with Gasteiger partial charge in [-0.3, -0.25) is 4.79 Å². The molecule has 0 aliphatic carbocycles. The lowest BCUT2D eigenvalue weighted by Gasteiger charge is -2.04. The molecule has 0 spiro atoms. The summed E-state index contributed by atoms with van der Waals surface area (Å²) in [5, 5.41) is 0. The molecule has 0 bridgehead atoms. The Balaban J connectivity index is 2.88. The molecule has 0 aliphatic rings. The van der Waals surface area contributed by atoms with E-state index in [9.17, 15) is 4.79 Å². The Morgan fingerprint density at radius 1 is 1.64 bits per heavy atom. The van der Waals surface area contributed by atoms with Crippen LogP contribution in [0.1, 0.15) is 5.56 Å². The van der Waals surface area contributed by atoms with Gasteiger partial charge >= 0.3 is 0 Å². The number of carbonyl (C=O) groups excluding carboxylic acids is 1. The zero-order chi connectivity index (χ0) is 10.6. The number of ether oxygens (including phenoxy) is 1. The van der Waals surface area contributed by atoms with Crippen molar-refractivity contribution in [2.45, 2.75) is 6.42 Å². The molecule has 0 saturated heterocycles. The third-order valence-electron chi connectivity index (χ3n) is 1.85. The number of carbonyl (C=O) groups is 1. The highest BCUT2D eigenvalue weighted by molar-refractivity contribution is 9.10. The number of allylic oxidation sites excluding steroid dienone is 1. The fraction of sp³-hybridized carbons (Fsp3) is 0.182. The van der Waals surface area contributed by atoms with Crippen LogP contribution in [-0.4, -0.2) is 12.9 Å². The van der Waals surface area contributed by atoms with E-state index in [-0.39, 0.29) is 5.78 Å². The highest BCUT2D eigenvalue weighted by Gasteiger charge is 2.04. The number of ketones is 1. The van der Waals surface area contributed by atoms with Gasteiger partial charge in [0.1, 0.15) is 5.75 Å². The smallest absolute Gasteiger partial charge is 0.159 e. The Kier molecular flexibility index (Phi) is 3.89. The molecule has 0 atom stereocenters. The molecule has 0 radical (unpaired) electrons. The third-order valence-corrected chi connectivity index (χ3v) is 2.59. The van der Waals surface area contributed by atoms with Crippen LogP contribution < -0.4 is 4.74 Å². The first-order valence-electron chi connectivity index (χ1n) is 4.15. The number of benzene rings is 1. The first kappa shape index (κ1) is 11.0. The molecule has 74 valence electrons. The SMILES string of the molecule is C=CC(=O)Cc1ccc(OC)cc1Br. The molecule has 3 heteroatoms. The van der Waals surface area contributed by atoms with Gasteiger partial charge in [-0.25, -0.2) is 0 Å². The van der Waals surface area contributed by atoms with E-state index >= 15 is 0 Å². The molecule has 1 aromatic carbocycles. The van der Waals surface area contributed by atoms with Crippen molar-refractivity contribution in [1.29, 1.82) is 0 Å². The normalized spacial score (nSPS) is 9.57. The Morgan fingerprint density at radius 2 is 2.36 bits per heavy atom. The molecule has 0 aromatic heterocycles. The molecule has 0 amide bonds. The number of methoxy groups -OCH3 is 1.